The molecule has 2 N–H and O–H groups in total. The molecule has 0 saturated carbocycles. The quantitative estimate of drug-likeness (QED) is 0.913. The summed E-state index contributed by atoms with van der Waals surface area (Å²) in [7, 11) is 1.91. The van der Waals surface area contributed by atoms with Crippen molar-refractivity contribution in [3.8, 4) is 5.75 Å². The Morgan fingerprint density at radius 1 is 1.13 bits per heavy atom. The highest BCUT2D eigenvalue weighted by Gasteiger charge is 2.31. The SMILES string of the molecule is CN[C@@H]1c2ccccc2OC[C@H]1NC(=O)C(C)c1ccccc1. The molecule has 0 radical (unpaired) electrons. The van der Waals surface area contributed by atoms with E-state index in [1.807, 2.05) is 68.6 Å². The molecular weight excluding hydrogens is 288 g/mol. The maximum absolute atomic E-state index is 12.6. The highest BCUT2D eigenvalue weighted by atomic mass is 16.5. The molecule has 1 aliphatic heterocycles. The summed E-state index contributed by atoms with van der Waals surface area (Å²) in [6.07, 6.45) is 0. The van der Waals surface area contributed by atoms with E-state index < -0.39 is 0 Å². The minimum absolute atomic E-state index is 0.0180. The van der Waals surface area contributed by atoms with Gasteiger partial charge in [-0.25, -0.2) is 0 Å². The van der Waals surface area contributed by atoms with Gasteiger partial charge in [0, 0.05) is 5.56 Å². The van der Waals surface area contributed by atoms with Gasteiger partial charge in [0.2, 0.25) is 5.91 Å². The van der Waals surface area contributed by atoms with Crippen molar-refractivity contribution in [3.63, 3.8) is 0 Å². The third-order valence-corrected chi connectivity index (χ3v) is 4.41. The van der Waals surface area contributed by atoms with Crippen LogP contribution in [-0.4, -0.2) is 25.6 Å². The number of fused-ring (bicyclic) bond motifs is 1. The van der Waals surface area contributed by atoms with Gasteiger partial charge in [-0.2, -0.15) is 0 Å². The van der Waals surface area contributed by atoms with Crippen LogP contribution < -0.4 is 15.4 Å². The first kappa shape index (κ1) is 15.6. The van der Waals surface area contributed by atoms with Gasteiger partial charge in [-0.05, 0) is 25.6 Å². The average Bonchev–Trinajstić information content (AvgIpc) is 2.61. The van der Waals surface area contributed by atoms with E-state index in [1.54, 1.807) is 0 Å². The lowest BCUT2D eigenvalue weighted by Crippen LogP contribution is -2.50. The molecule has 1 aliphatic rings. The molecule has 0 saturated heterocycles. The van der Waals surface area contributed by atoms with Crippen molar-refractivity contribution in [1.82, 2.24) is 10.6 Å². The second-order valence-corrected chi connectivity index (χ2v) is 5.86. The number of para-hydroxylation sites is 1. The first-order valence-electron chi connectivity index (χ1n) is 7.95. The van der Waals surface area contributed by atoms with Crippen LogP contribution in [0.25, 0.3) is 0 Å². The molecular formula is C19H22N2O2. The molecule has 3 atom stereocenters. The minimum Gasteiger partial charge on any atom is -0.491 e. The van der Waals surface area contributed by atoms with Crippen molar-refractivity contribution in [3.05, 3.63) is 65.7 Å². The van der Waals surface area contributed by atoms with Gasteiger partial charge in [-0.15, -0.1) is 0 Å². The lowest BCUT2D eigenvalue weighted by atomic mass is 9.94. The smallest absolute Gasteiger partial charge is 0.227 e. The highest BCUT2D eigenvalue weighted by Crippen LogP contribution is 2.31. The summed E-state index contributed by atoms with van der Waals surface area (Å²) < 4.78 is 5.80. The van der Waals surface area contributed by atoms with E-state index in [9.17, 15) is 4.79 Å². The van der Waals surface area contributed by atoms with Gasteiger partial charge >= 0.3 is 0 Å². The number of benzene rings is 2. The molecule has 0 spiro atoms. The standard InChI is InChI=1S/C19H22N2O2/c1-13(14-8-4-3-5-9-14)19(22)21-16-12-23-17-11-7-6-10-15(17)18(16)20-2/h3-11,13,16,18,20H,12H2,1-2H3,(H,21,22)/t13?,16-,18-/m1/s1. The van der Waals surface area contributed by atoms with Crippen LogP contribution in [0.1, 0.15) is 30.0 Å². The molecule has 3 rings (SSSR count). The van der Waals surface area contributed by atoms with Crippen molar-refractivity contribution < 1.29 is 9.53 Å². The fourth-order valence-electron chi connectivity index (χ4n) is 3.04. The van der Waals surface area contributed by atoms with E-state index in [4.69, 9.17) is 4.74 Å². The lowest BCUT2D eigenvalue weighted by Gasteiger charge is -2.34. The van der Waals surface area contributed by atoms with Crippen molar-refractivity contribution in [2.75, 3.05) is 13.7 Å². The number of carbonyl (C=O) groups excluding carboxylic acids is 1. The molecule has 0 aromatic heterocycles. The van der Waals surface area contributed by atoms with Gasteiger partial charge in [0.1, 0.15) is 12.4 Å². The Kier molecular flexibility index (Phi) is 4.63. The Balaban J connectivity index is 1.74. The van der Waals surface area contributed by atoms with Crippen molar-refractivity contribution in [2.45, 2.75) is 24.9 Å². The second kappa shape index (κ2) is 6.84. The van der Waals surface area contributed by atoms with Crippen LogP contribution in [0.5, 0.6) is 5.75 Å². The molecule has 1 amide bonds. The van der Waals surface area contributed by atoms with Crippen molar-refractivity contribution in [1.29, 1.82) is 0 Å². The molecule has 23 heavy (non-hydrogen) atoms. The zero-order chi connectivity index (χ0) is 16.2. The minimum atomic E-state index is -0.189. The molecule has 0 aliphatic carbocycles. The van der Waals surface area contributed by atoms with Crippen LogP contribution in [0, 0.1) is 0 Å². The Morgan fingerprint density at radius 3 is 2.57 bits per heavy atom. The van der Waals surface area contributed by atoms with Gasteiger partial charge in [-0.3, -0.25) is 4.79 Å². The summed E-state index contributed by atoms with van der Waals surface area (Å²) >= 11 is 0. The Labute approximate surface area is 136 Å². The van der Waals surface area contributed by atoms with Crippen LogP contribution >= 0.6 is 0 Å². The maximum Gasteiger partial charge on any atom is 0.227 e. The molecule has 2 aromatic carbocycles. The number of nitrogens with one attached hydrogen (secondary N) is 2. The lowest BCUT2D eigenvalue weighted by molar-refractivity contribution is -0.123. The predicted octanol–water partition coefficient (Wildman–Crippen LogP) is 2.63. The van der Waals surface area contributed by atoms with E-state index in [0.717, 1.165) is 16.9 Å². The number of rotatable bonds is 4. The van der Waals surface area contributed by atoms with Crippen LogP contribution in [0.15, 0.2) is 54.6 Å². The zero-order valence-corrected chi connectivity index (χ0v) is 13.5. The van der Waals surface area contributed by atoms with E-state index in [2.05, 4.69) is 10.6 Å². The van der Waals surface area contributed by atoms with Crippen molar-refractivity contribution in [2.24, 2.45) is 0 Å². The number of likely N-dealkylation sites (N-methyl/N-ethyl adjacent to an activating group) is 1. The first-order chi connectivity index (χ1) is 11.2. The van der Waals surface area contributed by atoms with Crippen LogP contribution in [-0.2, 0) is 4.79 Å². The molecule has 0 fully saturated rings. The molecule has 4 nitrogen and oxygen atoms in total. The third-order valence-electron chi connectivity index (χ3n) is 4.41. The zero-order valence-electron chi connectivity index (χ0n) is 13.5. The first-order valence-corrected chi connectivity index (χ1v) is 7.95. The normalized spacial score (nSPS) is 21.0. The van der Waals surface area contributed by atoms with E-state index in [1.165, 1.54) is 0 Å². The summed E-state index contributed by atoms with van der Waals surface area (Å²) in [4.78, 5) is 12.6. The predicted molar refractivity (Wildman–Crippen MR) is 90.5 cm³/mol. The molecule has 4 heteroatoms. The molecule has 1 unspecified atom stereocenters. The van der Waals surface area contributed by atoms with Gasteiger partial charge in [0.05, 0.1) is 18.0 Å². The fourth-order valence-corrected chi connectivity index (χ4v) is 3.04. The largest absolute Gasteiger partial charge is 0.491 e. The number of carbonyl (C=O) groups is 1. The summed E-state index contributed by atoms with van der Waals surface area (Å²) in [6.45, 7) is 2.40. The molecule has 120 valence electrons. The number of ether oxygens (including phenoxy) is 1. The Hall–Kier alpha value is -2.33. The molecule has 0 bridgehead atoms. The maximum atomic E-state index is 12.6. The van der Waals surface area contributed by atoms with E-state index in [-0.39, 0.29) is 23.9 Å². The average molecular weight is 310 g/mol. The number of hydrogen-bond acceptors (Lipinski definition) is 3. The van der Waals surface area contributed by atoms with Crippen LogP contribution in [0.2, 0.25) is 0 Å². The van der Waals surface area contributed by atoms with E-state index >= 15 is 0 Å². The fraction of sp³-hybridized carbons (Fsp3) is 0.316. The van der Waals surface area contributed by atoms with Gasteiger partial charge in [0.15, 0.2) is 0 Å². The monoisotopic (exact) mass is 310 g/mol. The van der Waals surface area contributed by atoms with Crippen LogP contribution in [0.4, 0.5) is 0 Å². The summed E-state index contributed by atoms with van der Waals surface area (Å²) in [6, 6.07) is 17.7. The van der Waals surface area contributed by atoms with E-state index in [0.29, 0.717) is 6.61 Å². The molecule has 2 aromatic rings. The summed E-state index contributed by atoms with van der Waals surface area (Å²) in [5.41, 5.74) is 2.10. The highest BCUT2D eigenvalue weighted by molar-refractivity contribution is 5.83. The summed E-state index contributed by atoms with van der Waals surface area (Å²) in [5, 5.41) is 6.43. The number of hydrogen-bond donors (Lipinski definition) is 2. The van der Waals surface area contributed by atoms with Crippen molar-refractivity contribution >= 4 is 5.91 Å². The summed E-state index contributed by atoms with van der Waals surface area (Å²) in [5.74, 6) is 0.712. The topological polar surface area (TPSA) is 50.4 Å². The number of amides is 1. The Morgan fingerprint density at radius 2 is 1.83 bits per heavy atom. The second-order valence-electron chi connectivity index (χ2n) is 5.86. The third kappa shape index (κ3) is 3.22. The van der Waals surface area contributed by atoms with Gasteiger partial charge in [-0.1, -0.05) is 48.5 Å². The van der Waals surface area contributed by atoms with Crippen LogP contribution in [0.3, 0.4) is 0 Å². The van der Waals surface area contributed by atoms with Gasteiger partial charge < -0.3 is 15.4 Å². The Bertz CT molecular complexity index is 672. The molecule has 1 heterocycles. The van der Waals surface area contributed by atoms with Gasteiger partial charge in [0.25, 0.3) is 0 Å².